The molecule has 88 valence electrons. The van der Waals surface area contributed by atoms with E-state index in [0.717, 1.165) is 11.2 Å². The second-order valence-electron chi connectivity index (χ2n) is 5.49. The third kappa shape index (κ3) is 5.01. The summed E-state index contributed by atoms with van der Waals surface area (Å²) in [6, 6.07) is 0. The molecule has 0 aromatic carbocycles. The zero-order valence-corrected chi connectivity index (χ0v) is 11.5. The van der Waals surface area contributed by atoms with Gasteiger partial charge in [0.25, 0.3) is 0 Å². The van der Waals surface area contributed by atoms with E-state index in [9.17, 15) is 4.79 Å². The smallest absolute Gasteiger partial charge is 0.306 e. The first-order chi connectivity index (χ1) is 6.90. The van der Waals surface area contributed by atoms with Gasteiger partial charge in [-0.3, -0.25) is 4.79 Å². The number of ether oxygens (including phenoxy) is 1. The number of rotatable bonds is 3. The Morgan fingerprint density at radius 1 is 1.33 bits per heavy atom. The molecule has 0 amide bonds. The van der Waals surface area contributed by atoms with Gasteiger partial charge in [-0.1, -0.05) is 15.9 Å². The lowest BCUT2D eigenvalue weighted by Gasteiger charge is -2.20. The molecule has 1 rings (SSSR count). The van der Waals surface area contributed by atoms with Gasteiger partial charge in [-0.05, 0) is 51.9 Å². The van der Waals surface area contributed by atoms with Crippen molar-refractivity contribution in [3.8, 4) is 0 Å². The Kier molecular flexibility index (Phi) is 4.63. The molecule has 1 aliphatic rings. The van der Waals surface area contributed by atoms with Crippen molar-refractivity contribution in [2.24, 2.45) is 11.8 Å². The van der Waals surface area contributed by atoms with Crippen molar-refractivity contribution in [2.75, 3.05) is 5.33 Å². The van der Waals surface area contributed by atoms with Gasteiger partial charge in [-0.15, -0.1) is 0 Å². The lowest BCUT2D eigenvalue weighted by Crippen LogP contribution is -2.24. The molecule has 3 heteroatoms. The highest BCUT2D eigenvalue weighted by atomic mass is 79.9. The van der Waals surface area contributed by atoms with E-state index in [1.165, 1.54) is 19.3 Å². The summed E-state index contributed by atoms with van der Waals surface area (Å²) in [7, 11) is 0. The summed E-state index contributed by atoms with van der Waals surface area (Å²) in [5, 5.41) is 1.07. The van der Waals surface area contributed by atoms with E-state index in [1.807, 2.05) is 20.8 Å². The third-order valence-electron chi connectivity index (χ3n) is 2.74. The van der Waals surface area contributed by atoms with E-state index in [1.54, 1.807) is 0 Å². The molecule has 0 aromatic rings. The van der Waals surface area contributed by atoms with Crippen LogP contribution in [0.3, 0.4) is 0 Å². The van der Waals surface area contributed by atoms with Crippen molar-refractivity contribution in [1.82, 2.24) is 0 Å². The molecule has 0 heterocycles. The number of carbonyl (C=O) groups excluding carboxylic acids is 1. The van der Waals surface area contributed by atoms with Gasteiger partial charge >= 0.3 is 5.97 Å². The van der Waals surface area contributed by atoms with E-state index in [4.69, 9.17) is 4.74 Å². The molecule has 2 atom stereocenters. The fourth-order valence-corrected chi connectivity index (χ4v) is 2.71. The van der Waals surface area contributed by atoms with Crippen molar-refractivity contribution < 1.29 is 9.53 Å². The molecule has 2 unspecified atom stereocenters. The summed E-state index contributed by atoms with van der Waals surface area (Å²) >= 11 is 3.50. The lowest BCUT2D eigenvalue weighted by atomic mass is 10.0. The number of esters is 1. The molecule has 2 nitrogen and oxygen atoms in total. The minimum atomic E-state index is -0.343. The average Bonchev–Trinajstić information content (AvgIpc) is 2.48. The van der Waals surface area contributed by atoms with Gasteiger partial charge < -0.3 is 4.74 Å². The summed E-state index contributed by atoms with van der Waals surface area (Å²) in [6.45, 7) is 5.75. The van der Waals surface area contributed by atoms with Crippen LogP contribution in [-0.4, -0.2) is 16.9 Å². The standard InChI is InChI=1S/C12H21BrO2/c1-12(2,3)15-11(14)7-9-4-5-10(6-9)8-13/h9-10H,4-8H2,1-3H3. The maximum atomic E-state index is 11.6. The fourth-order valence-electron chi connectivity index (χ4n) is 2.12. The van der Waals surface area contributed by atoms with E-state index < -0.39 is 0 Å². The fraction of sp³-hybridized carbons (Fsp3) is 0.917. The van der Waals surface area contributed by atoms with Crippen LogP contribution in [-0.2, 0) is 9.53 Å². The van der Waals surface area contributed by atoms with Crippen LogP contribution in [0.15, 0.2) is 0 Å². The maximum Gasteiger partial charge on any atom is 0.306 e. The van der Waals surface area contributed by atoms with Crippen molar-refractivity contribution in [1.29, 1.82) is 0 Å². The molecular weight excluding hydrogens is 256 g/mol. The van der Waals surface area contributed by atoms with Crippen LogP contribution in [0.1, 0.15) is 46.5 Å². The SMILES string of the molecule is CC(C)(C)OC(=O)CC1CCC(CBr)C1. The molecule has 1 fully saturated rings. The maximum absolute atomic E-state index is 11.6. The monoisotopic (exact) mass is 276 g/mol. The topological polar surface area (TPSA) is 26.3 Å². The number of alkyl halides is 1. The molecule has 0 bridgehead atoms. The van der Waals surface area contributed by atoms with E-state index >= 15 is 0 Å². The van der Waals surface area contributed by atoms with E-state index in [2.05, 4.69) is 15.9 Å². The van der Waals surface area contributed by atoms with Gasteiger partial charge in [0.1, 0.15) is 5.60 Å². The summed E-state index contributed by atoms with van der Waals surface area (Å²) < 4.78 is 5.32. The highest BCUT2D eigenvalue weighted by molar-refractivity contribution is 9.09. The number of carbonyl (C=O) groups is 1. The zero-order valence-electron chi connectivity index (χ0n) is 9.88. The van der Waals surface area contributed by atoms with Crippen LogP contribution >= 0.6 is 15.9 Å². The quantitative estimate of drug-likeness (QED) is 0.582. The van der Waals surface area contributed by atoms with Gasteiger partial charge in [0.15, 0.2) is 0 Å². The van der Waals surface area contributed by atoms with E-state index in [0.29, 0.717) is 12.3 Å². The third-order valence-corrected chi connectivity index (χ3v) is 3.66. The van der Waals surface area contributed by atoms with Gasteiger partial charge in [0.05, 0.1) is 0 Å². The summed E-state index contributed by atoms with van der Waals surface area (Å²) in [5.74, 6) is 1.27. The molecule has 0 spiro atoms. The van der Waals surface area contributed by atoms with Gasteiger partial charge in [0.2, 0.25) is 0 Å². The summed E-state index contributed by atoms with van der Waals surface area (Å²) in [5.41, 5.74) is -0.343. The van der Waals surface area contributed by atoms with Crippen LogP contribution in [0.5, 0.6) is 0 Å². The first kappa shape index (κ1) is 13.0. The Morgan fingerprint density at radius 2 is 1.93 bits per heavy atom. The van der Waals surface area contributed by atoms with E-state index in [-0.39, 0.29) is 11.6 Å². The predicted octanol–water partition coefficient (Wildman–Crippen LogP) is 3.53. The largest absolute Gasteiger partial charge is 0.460 e. The zero-order chi connectivity index (χ0) is 11.5. The molecule has 0 aliphatic heterocycles. The molecule has 0 N–H and O–H groups in total. The molecule has 1 aliphatic carbocycles. The van der Waals surface area contributed by atoms with Gasteiger partial charge in [-0.2, -0.15) is 0 Å². The first-order valence-corrected chi connectivity index (χ1v) is 6.80. The Labute approximate surface area is 101 Å². The second-order valence-corrected chi connectivity index (χ2v) is 6.14. The highest BCUT2D eigenvalue weighted by Gasteiger charge is 2.27. The summed E-state index contributed by atoms with van der Waals surface area (Å²) in [4.78, 5) is 11.6. The number of halogens is 1. The second kappa shape index (κ2) is 5.33. The predicted molar refractivity (Wildman–Crippen MR) is 65.1 cm³/mol. The minimum absolute atomic E-state index is 0.0391. The molecule has 0 radical (unpaired) electrons. The van der Waals surface area contributed by atoms with Crippen LogP contribution in [0.4, 0.5) is 0 Å². The van der Waals surface area contributed by atoms with Crippen molar-refractivity contribution in [2.45, 2.75) is 52.1 Å². The lowest BCUT2D eigenvalue weighted by molar-refractivity contribution is -0.155. The Bertz CT molecular complexity index is 220. The molecule has 0 saturated heterocycles. The molecule has 0 aromatic heterocycles. The first-order valence-electron chi connectivity index (χ1n) is 5.68. The Balaban J connectivity index is 2.28. The average molecular weight is 277 g/mol. The van der Waals surface area contributed by atoms with Gasteiger partial charge in [0, 0.05) is 11.8 Å². The normalized spacial score (nSPS) is 26.7. The molecular formula is C12H21BrO2. The summed E-state index contributed by atoms with van der Waals surface area (Å²) in [6.07, 6.45) is 4.19. The van der Waals surface area contributed by atoms with Crippen LogP contribution in [0.25, 0.3) is 0 Å². The number of hydrogen-bond acceptors (Lipinski definition) is 2. The number of hydrogen-bond donors (Lipinski definition) is 0. The van der Waals surface area contributed by atoms with Crippen molar-refractivity contribution >= 4 is 21.9 Å². The van der Waals surface area contributed by atoms with Crippen LogP contribution in [0.2, 0.25) is 0 Å². The Morgan fingerprint density at radius 3 is 2.40 bits per heavy atom. The van der Waals surface area contributed by atoms with Gasteiger partial charge in [-0.25, -0.2) is 0 Å². The van der Waals surface area contributed by atoms with Crippen LogP contribution < -0.4 is 0 Å². The van der Waals surface area contributed by atoms with Crippen LogP contribution in [0, 0.1) is 11.8 Å². The van der Waals surface area contributed by atoms with Crippen molar-refractivity contribution in [3.05, 3.63) is 0 Å². The molecule has 1 saturated carbocycles. The Hall–Kier alpha value is -0.0500. The molecule has 15 heavy (non-hydrogen) atoms. The minimum Gasteiger partial charge on any atom is -0.460 e. The van der Waals surface area contributed by atoms with Crippen molar-refractivity contribution in [3.63, 3.8) is 0 Å². The highest BCUT2D eigenvalue weighted by Crippen LogP contribution is 2.34.